The van der Waals surface area contributed by atoms with Gasteiger partial charge in [0, 0.05) is 43.7 Å². The normalized spacial score (nSPS) is 17.6. The molecule has 176 valence electrons. The SMILES string of the molecule is CN(CC(=O)N1N=C(c2ccc([N+](=O)[O-])cc2)C[C@H]1c1cccc([N+](=O)[O-])c1)C(=O)C1CCC1. The van der Waals surface area contributed by atoms with E-state index in [4.69, 9.17) is 0 Å². The molecule has 4 rings (SSSR count). The monoisotopic (exact) mass is 465 g/mol. The first-order chi connectivity index (χ1) is 16.2. The summed E-state index contributed by atoms with van der Waals surface area (Å²) in [5, 5.41) is 28.0. The number of amides is 2. The Kier molecular flexibility index (Phi) is 6.35. The third-order valence-electron chi connectivity index (χ3n) is 6.25. The minimum absolute atomic E-state index is 0.0527. The van der Waals surface area contributed by atoms with E-state index in [2.05, 4.69) is 5.10 Å². The van der Waals surface area contributed by atoms with E-state index in [9.17, 15) is 29.8 Å². The smallest absolute Gasteiger partial charge is 0.269 e. The van der Waals surface area contributed by atoms with Crippen molar-refractivity contribution < 1.29 is 19.4 Å². The van der Waals surface area contributed by atoms with Crippen molar-refractivity contribution in [2.24, 2.45) is 11.0 Å². The van der Waals surface area contributed by atoms with Gasteiger partial charge in [-0.25, -0.2) is 5.01 Å². The first-order valence-corrected chi connectivity index (χ1v) is 10.9. The Hall–Kier alpha value is -4.15. The molecule has 11 nitrogen and oxygen atoms in total. The maximum absolute atomic E-state index is 13.2. The van der Waals surface area contributed by atoms with E-state index >= 15 is 0 Å². The molecule has 11 heteroatoms. The maximum Gasteiger partial charge on any atom is 0.269 e. The Morgan fingerprint density at radius 2 is 1.74 bits per heavy atom. The van der Waals surface area contributed by atoms with Crippen molar-refractivity contribution in [1.29, 1.82) is 0 Å². The van der Waals surface area contributed by atoms with Gasteiger partial charge in [0.25, 0.3) is 17.3 Å². The highest BCUT2D eigenvalue weighted by atomic mass is 16.6. The molecule has 2 aromatic rings. The lowest BCUT2D eigenvalue weighted by Gasteiger charge is -2.30. The standard InChI is InChI=1S/C23H23N5O6/c1-25(23(30)16-4-2-5-16)14-22(29)26-21(17-6-3-7-19(12-17)28(33)34)13-20(24-26)15-8-10-18(11-9-15)27(31)32/h3,6-12,16,21H,2,4-5,13-14H2,1H3/t21-/m0/s1. The molecular formula is C23H23N5O6. The fraction of sp³-hybridized carbons (Fsp3) is 0.348. The van der Waals surface area contributed by atoms with Crippen molar-refractivity contribution >= 4 is 28.9 Å². The molecule has 1 atom stereocenters. The summed E-state index contributed by atoms with van der Waals surface area (Å²) in [7, 11) is 1.58. The predicted molar refractivity (Wildman–Crippen MR) is 122 cm³/mol. The van der Waals surface area contributed by atoms with Crippen LogP contribution in [-0.4, -0.2) is 50.9 Å². The lowest BCUT2D eigenvalue weighted by molar-refractivity contribution is -0.385. The number of hydrogen-bond donors (Lipinski definition) is 0. The number of benzene rings is 2. The number of carbonyl (C=O) groups is 2. The maximum atomic E-state index is 13.2. The van der Waals surface area contributed by atoms with Crippen molar-refractivity contribution in [3.63, 3.8) is 0 Å². The molecule has 0 N–H and O–H groups in total. The first kappa shape index (κ1) is 23.0. The van der Waals surface area contributed by atoms with Crippen LogP contribution in [0.1, 0.15) is 42.9 Å². The molecule has 1 heterocycles. The number of hydrazone groups is 1. The second kappa shape index (κ2) is 9.38. The highest BCUT2D eigenvalue weighted by Gasteiger charge is 2.36. The quantitative estimate of drug-likeness (QED) is 0.453. The summed E-state index contributed by atoms with van der Waals surface area (Å²) >= 11 is 0. The fourth-order valence-corrected chi connectivity index (χ4v) is 4.12. The van der Waals surface area contributed by atoms with Crippen molar-refractivity contribution in [3.05, 3.63) is 79.9 Å². The predicted octanol–water partition coefficient (Wildman–Crippen LogP) is 3.44. The van der Waals surface area contributed by atoms with E-state index in [0.717, 1.165) is 19.3 Å². The largest absolute Gasteiger partial charge is 0.336 e. The molecule has 1 fully saturated rings. The van der Waals surface area contributed by atoms with Crippen LogP contribution in [0.5, 0.6) is 0 Å². The van der Waals surface area contributed by atoms with Crippen molar-refractivity contribution in [1.82, 2.24) is 9.91 Å². The van der Waals surface area contributed by atoms with Gasteiger partial charge in [-0.2, -0.15) is 5.10 Å². The lowest BCUT2D eigenvalue weighted by atomic mass is 9.84. The number of carbonyl (C=O) groups excluding carboxylic acids is 2. The number of rotatable bonds is 7. The summed E-state index contributed by atoms with van der Waals surface area (Å²) in [5.74, 6) is -0.544. The van der Waals surface area contributed by atoms with Gasteiger partial charge in [-0.05, 0) is 36.1 Å². The van der Waals surface area contributed by atoms with E-state index in [1.54, 1.807) is 31.3 Å². The van der Waals surface area contributed by atoms with Crippen LogP contribution in [0.4, 0.5) is 11.4 Å². The minimum atomic E-state index is -0.607. The number of nitro groups is 2. The Morgan fingerprint density at radius 1 is 1.06 bits per heavy atom. The highest BCUT2D eigenvalue weighted by Crippen LogP contribution is 2.35. The van der Waals surface area contributed by atoms with E-state index in [-0.39, 0.29) is 36.2 Å². The summed E-state index contributed by atoms with van der Waals surface area (Å²) in [4.78, 5) is 48.3. The van der Waals surface area contributed by atoms with Gasteiger partial charge >= 0.3 is 0 Å². The zero-order valence-corrected chi connectivity index (χ0v) is 18.5. The lowest BCUT2D eigenvalue weighted by Crippen LogP contribution is -2.42. The van der Waals surface area contributed by atoms with E-state index in [1.165, 1.54) is 34.2 Å². The molecule has 34 heavy (non-hydrogen) atoms. The minimum Gasteiger partial charge on any atom is -0.336 e. The van der Waals surface area contributed by atoms with Crippen molar-refractivity contribution in [2.45, 2.75) is 31.7 Å². The summed E-state index contributed by atoms with van der Waals surface area (Å²) in [6.07, 6.45) is 2.91. The Morgan fingerprint density at radius 3 is 2.32 bits per heavy atom. The second-order valence-electron chi connectivity index (χ2n) is 8.48. The highest BCUT2D eigenvalue weighted by molar-refractivity contribution is 6.03. The van der Waals surface area contributed by atoms with Crippen molar-refractivity contribution in [3.8, 4) is 0 Å². The van der Waals surface area contributed by atoms with Crippen LogP contribution in [0.15, 0.2) is 53.6 Å². The van der Waals surface area contributed by atoms with Crippen molar-refractivity contribution in [2.75, 3.05) is 13.6 Å². The molecule has 0 spiro atoms. The van der Waals surface area contributed by atoms with E-state index < -0.39 is 21.8 Å². The van der Waals surface area contributed by atoms with Gasteiger partial charge < -0.3 is 4.90 Å². The second-order valence-corrected chi connectivity index (χ2v) is 8.48. The number of nitrogens with zero attached hydrogens (tertiary/aromatic N) is 5. The summed E-state index contributed by atoms with van der Waals surface area (Å²) < 4.78 is 0. The topological polar surface area (TPSA) is 139 Å². The zero-order chi connectivity index (χ0) is 24.4. The van der Waals surface area contributed by atoms with Gasteiger partial charge in [-0.1, -0.05) is 18.6 Å². The van der Waals surface area contributed by atoms with Gasteiger partial charge in [0.2, 0.25) is 5.91 Å². The molecule has 1 aliphatic heterocycles. The third kappa shape index (κ3) is 4.63. The average Bonchev–Trinajstić information content (AvgIpc) is 3.23. The van der Waals surface area contributed by atoms with Crippen LogP contribution in [0.25, 0.3) is 0 Å². The Bertz CT molecular complexity index is 1170. The fourth-order valence-electron chi connectivity index (χ4n) is 4.12. The molecule has 0 bridgehead atoms. The summed E-state index contributed by atoms with van der Waals surface area (Å²) in [5.41, 5.74) is 1.49. The molecule has 0 radical (unpaired) electrons. The van der Waals surface area contributed by atoms with E-state index in [1.807, 2.05) is 0 Å². The van der Waals surface area contributed by atoms with Crippen LogP contribution in [0.2, 0.25) is 0 Å². The molecular weight excluding hydrogens is 442 g/mol. The molecule has 0 aromatic heterocycles. The number of hydrogen-bond acceptors (Lipinski definition) is 7. The molecule has 0 saturated heterocycles. The van der Waals surface area contributed by atoms with Gasteiger partial charge in [-0.3, -0.25) is 29.8 Å². The average molecular weight is 465 g/mol. The van der Waals surface area contributed by atoms with Gasteiger partial charge in [0.1, 0.15) is 6.54 Å². The van der Waals surface area contributed by atoms with Crippen LogP contribution in [0.3, 0.4) is 0 Å². The van der Waals surface area contributed by atoms with E-state index in [0.29, 0.717) is 16.8 Å². The Labute approximate surface area is 195 Å². The van der Waals surface area contributed by atoms with Crippen LogP contribution in [0, 0.1) is 26.1 Å². The molecule has 2 amide bonds. The Balaban J connectivity index is 1.62. The van der Waals surface area contributed by atoms with Crippen LogP contribution >= 0.6 is 0 Å². The number of nitro benzene ring substituents is 2. The summed E-state index contributed by atoms with van der Waals surface area (Å²) in [6, 6.07) is 11.2. The molecule has 2 aromatic carbocycles. The van der Waals surface area contributed by atoms with Gasteiger partial charge in [-0.15, -0.1) is 0 Å². The number of likely N-dealkylation sites (N-methyl/N-ethyl adjacent to an activating group) is 1. The third-order valence-corrected chi connectivity index (χ3v) is 6.25. The van der Waals surface area contributed by atoms with Gasteiger partial charge in [0.05, 0.1) is 21.6 Å². The molecule has 1 aliphatic carbocycles. The zero-order valence-electron chi connectivity index (χ0n) is 18.5. The van der Waals surface area contributed by atoms with Gasteiger partial charge in [0.15, 0.2) is 0 Å². The molecule has 0 unspecified atom stereocenters. The summed E-state index contributed by atoms with van der Waals surface area (Å²) in [6.45, 7) is -0.169. The first-order valence-electron chi connectivity index (χ1n) is 10.9. The molecule has 2 aliphatic rings. The number of non-ortho nitro benzene ring substituents is 2. The molecule has 1 saturated carbocycles. The van der Waals surface area contributed by atoms with Crippen LogP contribution < -0.4 is 0 Å². The van der Waals surface area contributed by atoms with Crippen LogP contribution in [-0.2, 0) is 9.59 Å².